The lowest BCUT2D eigenvalue weighted by Gasteiger charge is -2.26. The van der Waals surface area contributed by atoms with Crippen LogP contribution in [0.5, 0.6) is 0 Å². The highest BCUT2D eigenvalue weighted by Gasteiger charge is 2.36. The largest absolute Gasteiger partial charge is 0.466 e. The molecule has 0 radical (unpaired) electrons. The molecule has 0 aromatic heterocycles. The quantitative estimate of drug-likeness (QED) is 0.588. The molecule has 0 spiro atoms. The molecule has 0 aliphatic carbocycles. The van der Waals surface area contributed by atoms with Gasteiger partial charge in [0.2, 0.25) is 0 Å². The van der Waals surface area contributed by atoms with E-state index in [2.05, 4.69) is 0 Å². The van der Waals surface area contributed by atoms with Gasteiger partial charge in [-0.15, -0.1) is 0 Å². The molecule has 0 aliphatic heterocycles. The van der Waals surface area contributed by atoms with Crippen LogP contribution in [-0.2, 0) is 9.53 Å². The van der Waals surface area contributed by atoms with Crippen molar-refractivity contribution in [2.75, 3.05) is 13.2 Å². The molecule has 72 valence electrons. The zero-order valence-electron chi connectivity index (χ0n) is 7.70. The third-order valence-electron chi connectivity index (χ3n) is 1.81. The number of hydrogen-bond donors (Lipinski definition) is 2. The predicted molar refractivity (Wildman–Crippen MR) is 43.5 cm³/mol. The summed E-state index contributed by atoms with van der Waals surface area (Å²) in [6.07, 6.45) is -1.07. The van der Waals surface area contributed by atoms with Crippen LogP contribution in [0.4, 0.5) is 0 Å². The molecule has 0 aromatic rings. The van der Waals surface area contributed by atoms with Gasteiger partial charge in [-0.3, -0.25) is 4.79 Å². The van der Waals surface area contributed by atoms with Crippen LogP contribution in [0.2, 0.25) is 0 Å². The summed E-state index contributed by atoms with van der Waals surface area (Å²) in [5.41, 5.74) is -1.04. The third kappa shape index (κ3) is 2.46. The predicted octanol–water partition coefficient (Wildman–Crippen LogP) is -0.0711. The average Bonchev–Trinajstić information content (AvgIpc) is 2.03. The molecule has 0 bridgehead atoms. The molecule has 0 rings (SSSR count). The van der Waals surface area contributed by atoms with Gasteiger partial charge in [0.15, 0.2) is 0 Å². The second-order valence-corrected chi connectivity index (χ2v) is 3.14. The van der Waals surface area contributed by atoms with E-state index in [0.29, 0.717) is 0 Å². The van der Waals surface area contributed by atoms with E-state index in [1.165, 1.54) is 13.8 Å². The van der Waals surface area contributed by atoms with Gasteiger partial charge in [0, 0.05) is 0 Å². The van der Waals surface area contributed by atoms with E-state index < -0.39 is 24.1 Å². The zero-order valence-corrected chi connectivity index (χ0v) is 7.70. The fourth-order valence-corrected chi connectivity index (χ4v) is 0.681. The van der Waals surface area contributed by atoms with Crippen LogP contribution in [0, 0.1) is 5.41 Å². The van der Waals surface area contributed by atoms with Gasteiger partial charge in [0.1, 0.15) is 0 Å². The number of carbonyl (C=O) groups is 1. The number of rotatable bonds is 4. The van der Waals surface area contributed by atoms with E-state index in [0.717, 1.165) is 0 Å². The molecule has 1 atom stereocenters. The second kappa shape index (κ2) is 4.42. The van der Waals surface area contributed by atoms with Crippen LogP contribution >= 0.6 is 0 Å². The van der Waals surface area contributed by atoms with Crippen LogP contribution in [0.1, 0.15) is 20.8 Å². The fourth-order valence-electron chi connectivity index (χ4n) is 0.681. The monoisotopic (exact) mass is 176 g/mol. The van der Waals surface area contributed by atoms with E-state index in [1.807, 2.05) is 0 Å². The Kier molecular flexibility index (Phi) is 4.20. The summed E-state index contributed by atoms with van der Waals surface area (Å²) in [5.74, 6) is -0.494. The molecular formula is C8H16O4. The summed E-state index contributed by atoms with van der Waals surface area (Å²) in [5, 5.41) is 17.9. The van der Waals surface area contributed by atoms with Crippen molar-refractivity contribution in [3.63, 3.8) is 0 Å². The summed E-state index contributed by atoms with van der Waals surface area (Å²) in [6, 6.07) is 0. The first-order chi connectivity index (χ1) is 5.46. The maximum Gasteiger partial charge on any atom is 0.314 e. The molecule has 4 nitrogen and oxygen atoms in total. The summed E-state index contributed by atoms with van der Waals surface area (Å²) < 4.78 is 4.72. The van der Waals surface area contributed by atoms with Crippen molar-refractivity contribution in [1.82, 2.24) is 0 Å². The SMILES string of the molecule is CCOC(=O)C(C)(C)[C@@H](O)CO. The summed E-state index contributed by atoms with van der Waals surface area (Å²) in [4.78, 5) is 11.2. The lowest BCUT2D eigenvalue weighted by Crippen LogP contribution is -2.40. The van der Waals surface area contributed by atoms with Gasteiger partial charge in [-0.05, 0) is 20.8 Å². The summed E-state index contributed by atoms with van der Waals surface area (Å²) in [6.45, 7) is 4.60. The Morgan fingerprint density at radius 1 is 1.58 bits per heavy atom. The van der Waals surface area contributed by atoms with Gasteiger partial charge in [-0.1, -0.05) is 0 Å². The first-order valence-corrected chi connectivity index (χ1v) is 3.93. The molecule has 4 heteroatoms. The Hall–Kier alpha value is -0.610. The number of carbonyl (C=O) groups excluding carboxylic acids is 1. The fraction of sp³-hybridized carbons (Fsp3) is 0.875. The zero-order chi connectivity index (χ0) is 9.78. The van der Waals surface area contributed by atoms with Crippen molar-refractivity contribution >= 4 is 5.97 Å². The summed E-state index contributed by atoms with van der Waals surface area (Å²) in [7, 11) is 0. The highest BCUT2D eigenvalue weighted by atomic mass is 16.5. The molecule has 0 saturated carbocycles. The van der Waals surface area contributed by atoms with Gasteiger partial charge in [0.05, 0.1) is 24.7 Å². The molecule has 12 heavy (non-hydrogen) atoms. The minimum absolute atomic E-state index is 0.278. The molecule has 0 fully saturated rings. The third-order valence-corrected chi connectivity index (χ3v) is 1.81. The Morgan fingerprint density at radius 2 is 2.08 bits per heavy atom. The molecule has 0 heterocycles. The van der Waals surface area contributed by atoms with Crippen molar-refractivity contribution in [3.05, 3.63) is 0 Å². The molecule has 0 saturated heterocycles. The number of hydrogen-bond acceptors (Lipinski definition) is 4. The van der Waals surface area contributed by atoms with Gasteiger partial charge in [0.25, 0.3) is 0 Å². The average molecular weight is 176 g/mol. The topological polar surface area (TPSA) is 66.8 Å². The number of aliphatic hydroxyl groups is 2. The Bertz CT molecular complexity index is 153. The maximum absolute atomic E-state index is 11.2. The van der Waals surface area contributed by atoms with Crippen molar-refractivity contribution in [2.24, 2.45) is 5.41 Å². The molecular weight excluding hydrogens is 160 g/mol. The van der Waals surface area contributed by atoms with E-state index in [1.54, 1.807) is 6.92 Å². The normalized spacial score (nSPS) is 14.1. The minimum atomic E-state index is -1.07. The van der Waals surface area contributed by atoms with E-state index >= 15 is 0 Å². The smallest absolute Gasteiger partial charge is 0.314 e. The van der Waals surface area contributed by atoms with Crippen molar-refractivity contribution in [2.45, 2.75) is 26.9 Å². The molecule has 0 aliphatic rings. The van der Waals surface area contributed by atoms with E-state index in [4.69, 9.17) is 9.84 Å². The van der Waals surface area contributed by atoms with Crippen LogP contribution < -0.4 is 0 Å². The minimum Gasteiger partial charge on any atom is -0.466 e. The lowest BCUT2D eigenvalue weighted by atomic mass is 9.87. The van der Waals surface area contributed by atoms with Crippen LogP contribution in [0.25, 0.3) is 0 Å². The molecule has 2 N–H and O–H groups in total. The van der Waals surface area contributed by atoms with Crippen LogP contribution in [0.3, 0.4) is 0 Å². The van der Waals surface area contributed by atoms with E-state index in [-0.39, 0.29) is 6.61 Å². The Balaban J connectivity index is 4.27. The molecule has 0 aromatic carbocycles. The number of aliphatic hydroxyl groups excluding tert-OH is 2. The number of ether oxygens (including phenoxy) is 1. The van der Waals surface area contributed by atoms with Crippen molar-refractivity contribution in [1.29, 1.82) is 0 Å². The Morgan fingerprint density at radius 3 is 2.42 bits per heavy atom. The maximum atomic E-state index is 11.2. The van der Waals surface area contributed by atoms with Gasteiger partial charge in [-0.2, -0.15) is 0 Å². The number of esters is 1. The lowest BCUT2D eigenvalue weighted by molar-refractivity contribution is -0.161. The van der Waals surface area contributed by atoms with Gasteiger partial charge < -0.3 is 14.9 Å². The highest BCUT2D eigenvalue weighted by molar-refractivity contribution is 5.76. The van der Waals surface area contributed by atoms with Crippen LogP contribution in [-0.4, -0.2) is 35.5 Å². The van der Waals surface area contributed by atoms with Crippen LogP contribution in [0.15, 0.2) is 0 Å². The molecule has 0 amide bonds. The summed E-state index contributed by atoms with van der Waals surface area (Å²) >= 11 is 0. The Labute approximate surface area is 72.2 Å². The first-order valence-electron chi connectivity index (χ1n) is 3.93. The van der Waals surface area contributed by atoms with Crippen molar-refractivity contribution < 1.29 is 19.7 Å². The van der Waals surface area contributed by atoms with E-state index in [9.17, 15) is 9.90 Å². The second-order valence-electron chi connectivity index (χ2n) is 3.14. The standard InChI is InChI=1S/C8H16O4/c1-4-12-7(11)8(2,3)6(10)5-9/h6,9-10H,4-5H2,1-3H3/t6-/m0/s1. The van der Waals surface area contributed by atoms with Crippen molar-refractivity contribution in [3.8, 4) is 0 Å². The highest BCUT2D eigenvalue weighted by Crippen LogP contribution is 2.22. The first kappa shape index (κ1) is 11.4. The van der Waals surface area contributed by atoms with Gasteiger partial charge in [-0.25, -0.2) is 0 Å². The van der Waals surface area contributed by atoms with Gasteiger partial charge >= 0.3 is 5.97 Å². The molecule has 0 unspecified atom stereocenters.